The zero-order valence-corrected chi connectivity index (χ0v) is 18.2. The van der Waals surface area contributed by atoms with Crippen LogP contribution in [0.4, 0.5) is 5.82 Å². The number of allylic oxidation sites excluding steroid dienone is 1. The normalized spacial score (nSPS) is 25.8. The number of ether oxygens (including phenoxy) is 2. The maximum Gasteiger partial charge on any atom is 0.239 e. The average molecular weight is 442 g/mol. The molecule has 0 spiro atoms. The van der Waals surface area contributed by atoms with E-state index in [9.17, 15) is 4.79 Å². The van der Waals surface area contributed by atoms with E-state index in [-0.39, 0.29) is 18.1 Å². The van der Waals surface area contributed by atoms with Gasteiger partial charge in [-0.15, -0.1) is 0 Å². The number of morpholine rings is 1. The lowest BCUT2D eigenvalue weighted by atomic mass is 10.0. The van der Waals surface area contributed by atoms with Crippen LogP contribution in [0.15, 0.2) is 34.8 Å². The van der Waals surface area contributed by atoms with Gasteiger partial charge in [-0.1, -0.05) is 0 Å². The molecule has 0 radical (unpaired) electrons. The summed E-state index contributed by atoms with van der Waals surface area (Å²) in [4.78, 5) is 26.1. The number of carbonyl (C=O) groups is 1. The number of nitrogens with zero attached hydrogens (tertiary/aromatic N) is 4. The van der Waals surface area contributed by atoms with Gasteiger partial charge in [-0.3, -0.25) is 9.79 Å². The topological polar surface area (TPSA) is 117 Å². The molecule has 32 heavy (non-hydrogen) atoms. The highest BCUT2D eigenvalue weighted by Crippen LogP contribution is 2.30. The lowest BCUT2D eigenvalue weighted by molar-refractivity contribution is -0.122. The Morgan fingerprint density at radius 2 is 2.12 bits per heavy atom. The minimum Gasteiger partial charge on any atom is -0.384 e. The Morgan fingerprint density at radius 3 is 2.94 bits per heavy atom. The van der Waals surface area contributed by atoms with Gasteiger partial charge in [-0.25, -0.2) is 4.98 Å². The molecule has 5 heterocycles. The number of nitrogens with two attached hydrogens (primary N) is 1. The number of nitrogens with one attached hydrogen (secondary N) is 2. The van der Waals surface area contributed by atoms with E-state index in [0.29, 0.717) is 38.0 Å². The van der Waals surface area contributed by atoms with Crippen molar-refractivity contribution in [3.63, 3.8) is 0 Å². The van der Waals surface area contributed by atoms with Crippen LogP contribution < -0.4 is 16.4 Å². The second-order valence-electron chi connectivity index (χ2n) is 8.74. The lowest BCUT2D eigenvalue weighted by Gasteiger charge is -2.48. The van der Waals surface area contributed by atoms with E-state index in [1.807, 2.05) is 12.3 Å². The molecule has 0 aromatic carbocycles. The van der Waals surface area contributed by atoms with Gasteiger partial charge >= 0.3 is 0 Å². The molecule has 4 aliphatic heterocycles. The standard InChI is InChI=1S/C22H31N7O3/c23-19-2-1-16(10-24-19)21-26-11-18-22(27-21)29-5-8-32-14-17(29)12-28(18)13-20(30)25-9-15-3-6-31-7-4-15/h1-2,10-11,15,17,21,27H,3-9,12-14H2,(H2,23,24)(H,25,30)/t17?,21-/m0/s1. The number of hydrogen-bond donors (Lipinski definition) is 3. The third kappa shape index (κ3) is 4.51. The van der Waals surface area contributed by atoms with Gasteiger partial charge in [0.05, 0.1) is 37.7 Å². The number of carbonyl (C=O) groups excluding carboxylic acids is 1. The van der Waals surface area contributed by atoms with Crippen molar-refractivity contribution in [3.8, 4) is 0 Å². The molecule has 0 bridgehead atoms. The molecule has 172 valence electrons. The van der Waals surface area contributed by atoms with Crippen molar-refractivity contribution >= 4 is 17.9 Å². The fraction of sp³-hybridized carbons (Fsp3) is 0.591. The van der Waals surface area contributed by atoms with Gasteiger partial charge in [-0.05, 0) is 30.9 Å². The molecule has 2 atom stereocenters. The Balaban J connectivity index is 1.30. The van der Waals surface area contributed by atoms with Crippen LogP contribution in [0.25, 0.3) is 0 Å². The first-order valence-electron chi connectivity index (χ1n) is 11.4. The summed E-state index contributed by atoms with van der Waals surface area (Å²) in [6.07, 6.45) is 5.39. The van der Waals surface area contributed by atoms with Crippen molar-refractivity contribution in [3.05, 3.63) is 35.4 Å². The van der Waals surface area contributed by atoms with Crippen LogP contribution in [-0.4, -0.2) is 85.6 Å². The first-order chi connectivity index (χ1) is 15.7. The summed E-state index contributed by atoms with van der Waals surface area (Å²) in [5.74, 6) is 2.01. The molecule has 1 amide bonds. The number of fused-ring (bicyclic) bond motifs is 2. The predicted octanol–water partition coefficient (Wildman–Crippen LogP) is 0.0647. The van der Waals surface area contributed by atoms with Gasteiger partial charge in [0.2, 0.25) is 5.91 Å². The summed E-state index contributed by atoms with van der Waals surface area (Å²) >= 11 is 0. The molecule has 1 aromatic heterocycles. The van der Waals surface area contributed by atoms with Crippen LogP contribution in [0.3, 0.4) is 0 Å². The summed E-state index contributed by atoms with van der Waals surface area (Å²) in [5.41, 5.74) is 7.63. The first-order valence-corrected chi connectivity index (χ1v) is 11.4. The molecule has 0 aliphatic carbocycles. The van der Waals surface area contributed by atoms with E-state index in [1.165, 1.54) is 0 Å². The van der Waals surface area contributed by atoms with E-state index >= 15 is 0 Å². The zero-order chi connectivity index (χ0) is 21.9. The lowest BCUT2D eigenvalue weighted by Crippen LogP contribution is -2.59. The maximum atomic E-state index is 12.8. The number of hydrogen-bond acceptors (Lipinski definition) is 9. The number of anilines is 1. The summed E-state index contributed by atoms with van der Waals surface area (Å²) < 4.78 is 11.1. The molecule has 10 heteroatoms. The highest BCUT2D eigenvalue weighted by Gasteiger charge is 2.37. The van der Waals surface area contributed by atoms with Gasteiger partial charge in [-0.2, -0.15) is 0 Å². The average Bonchev–Trinajstić information content (AvgIpc) is 2.84. The molecule has 4 aliphatic rings. The van der Waals surface area contributed by atoms with Crippen LogP contribution in [-0.2, 0) is 14.3 Å². The minimum absolute atomic E-state index is 0.0341. The highest BCUT2D eigenvalue weighted by molar-refractivity contribution is 5.84. The molecule has 10 nitrogen and oxygen atoms in total. The number of rotatable bonds is 5. The van der Waals surface area contributed by atoms with Gasteiger partial charge < -0.3 is 35.6 Å². The third-order valence-corrected chi connectivity index (χ3v) is 6.54. The van der Waals surface area contributed by atoms with Crippen molar-refractivity contribution in [2.75, 3.05) is 58.3 Å². The van der Waals surface area contributed by atoms with E-state index in [4.69, 9.17) is 20.2 Å². The fourth-order valence-electron chi connectivity index (χ4n) is 4.70. The summed E-state index contributed by atoms with van der Waals surface area (Å²) in [5, 5.41) is 6.68. The predicted molar refractivity (Wildman–Crippen MR) is 119 cm³/mol. The molecule has 4 N–H and O–H groups in total. The van der Waals surface area contributed by atoms with E-state index in [1.54, 1.807) is 12.3 Å². The fourth-order valence-corrected chi connectivity index (χ4v) is 4.70. The molecule has 2 saturated heterocycles. The summed E-state index contributed by atoms with van der Waals surface area (Å²) in [6, 6.07) is 3.91. The zero-order valence-electron chi connectivity index (χ0n) is 18.2. The molecule has 2 fully saturated rings. The molecule has 1 unspecified atom stereocenters. The van der Waals surface area contributed by atoms with Crippen molar-refractivity contribution in [2.24, 2.45) is 10.9 Å². The van der Waals surface area contributed by atoms with Crippen LogP contribution in [0.1, 0.15) is 24.6 Å². The van der Waals surface area contributed by atoms with E-state index in [0.717, 1.165) is 56.2 Å². The molecule has 5 rings (SSSR count). The van der Waals surface area contributed by atoms with Crippen molar-refractivity contribution in [1.82, 2.24) is 25.4 Å². The molecule has 1 aromatic rings. The first kappa shape index (κ1) is 21.0. The van der Waals surface area contributed by atoms with Crippen molar-refractivity contribution in [2.45, 2.75) is 25.0 Å². The highest BCUT2D eigenvalue weighted by atomic mass is 16.5. The smallest absolute Gasteiger partial charge is 0.239 e. The quantitative estimate of drug-likeness (QED) is 0.588. The maximum absolute atomic E-state index is 12.8. The monoisotopic (exact) mass is 441 g/mol. The second-order valence-corrected chi connectivity index (χ2v) is 8.74. The van der Waals surface area contributed by atoms with Crippen LogP contribution in [0.2, 0.25) is 0 Å². The molecule has 0 saturated carbocycles. The number of aliphatic imine (C=N–C) groups is 1. The van der Waals surface area contributed by atoms with Gasteiger partial charge in [0.1, 0.15) is 17.8 Å². The SMILES string of the molecule is Nc1ccc([C@H]2N=CC3=C(N2)N2CCOCC2CN3CC(=O)NCC2CCOCC2)cn1. The molecular weight excluding hydrogens is 410 g/mol. The minimum atomic E-state index is -0.243. The van der Waals surface area contributed by atoms with Crippen LogP contribution >= 0.6 is 0 Å². The third-order valence-electron chi connectivity index (χ3n) is 6.54. The van der Waals surface area contributed by atoms with Crippen LogP contribution in [0, 0.1) is 5.92 Å². The Kier molecular flexibility index (Phi) is 6.13. The van der Waals surface area contributed by atoms with Gasteiger partial charge in [0.25, 0.3) is 0 Å². The Bertz CT molecular complexity index is 882. The van der Waals surface area contributed by atoms with E-state index in [2.05, 4.69) is 25.4 Å². The summed E-state index contributed by atoms with van der Waals surface area (Å²) in [7, 11) is 0. The number of nitrogen functional groups attached to an aromatic ring is 1. The number of pyridine rings is 1. The Morgan fingerprint density at radius 1 is 1.25 bits per heavy atom. The van der Waals surface area contributed by atoms with Crippen molar-refractivity contribution < 1.29 is 14.3 Å². The summed E-state index contributed by atoms with van der Waals surface area (Å²) in [6.45, 7) is 5.44. The van der Waals surface area contributed by atoms with E-state index < -0.39 is 0 Å². The van der Waals surface area contributed by atoms with Gasteiger partial charge in [0, 0.05) is 44.6 Å². The Labute approximate surface area is 187 Å². The second kappa shape index (κ2) is 9.33. The van der Waals surface area contributed by atoms with Crippen LogP contribution in [0.5, 0.6) is 0 Å². The Hall–Kier alpha value is -2.85. The van der Waals surface area contributed by atoms with Gasteiger partial charge in [0.15, 0.2) is 0 Å². The van der Waals surface area contributed by atoms with Crippen molar-refractivity contribution in [1.29, 1.82) is 0 Å². The molecular formula is C22H31N7O3. The largest absolute Gasteiger partial charge is 0.384 e. The number of amides is 1. The number of aromatic nitrogens is 1.